The lowest BCUT2D eigenvalue weighted by Gasteiger charge is -2.40. The number of amides is 1. The molecule has 0 aromatic carbocycles. The molecule has 9 nitrogen and oxygen atoms in total. The van der Waals surface area contributed by atoms with Crippen molar-refractivity contribution in [1.82, 2.24) is 24.9 Å². The van der Waals surface area contributed by atoms with Crippen molar-refractivity contribution in [1.29, 1.82) is 0 Å². The van der Waals surface area contributed by atoms with Crippen LogP contribution in [0.2, 0.25) is 0 Å². The molecule has 1 saturated heterocycles. The number of carbonyl (C=O) groups excluding carboxylic acids is 1. The molecule has 4 aromatic rings. The molecule has 0 aliphatic carbocycles. The zero-order valence-corrected chi connectivity index (χ0v) is 19.0. The molecule has 0 spiro atoms. The summed E-state index contributed by atoms with van der Waals surface area (Å²) in [6.07, 6.45) is 6.41. The lowest BCUT2D eigenvalue weighted by molar-refractivity contribution is 0.102. The van der Waals surface area contributed by atoms with Crippen LogP contribution in [0.5, 0.6) is 0 Å². The second-order valence-corrected chi connectivity index (χ2v) is 8.18. The van der Waals surface area contributed by atoms with Crippen LogP contribution in [0.15, 0.2) is 73.3 Å². The minimum Gasteiger partial charge on any atom is -0.353 e. The molecule has 1 fully saturated rings. The Bertz CT molecular complexity index is 1300. The maximum absolute atomic E-state index is 13.3. The number of pyridine rings is 3. The van der Waals surface area contributed by atoms with E-state index in [9.17, 15) is 9.18 Å². The number of rotatable bonds is 5. The number of hydrogen-bond acceptors (Lipinski definition) is 8. The third-order valence-electron chi connectivity index (χ3n) is 5.76. The number of hydrogen-bond donors (Lipinski definition) is 1. The summed E-state index contributed by atoms with van der Waals surface area (Å²) < 4.78 is 13.3. The average Bonchev–Trinajstić information content (AvgIpc) is 2.90. The number of nitrogens with zero attached hydrogens (tertiary/aromatic N) is 7. The van der Waals surface area contributed by atoms with Gasteiger partial charge in [0.05, 0.1) is 35.0 Å². The van der Waals surface area contributed by atoms with Gasteiger partial charge in [-0.1, -0.05) is 12.1 Å². The van der Waals surface area contributed by atoms with Crippen molar-refractivity contribution in [3.8, 4) is 11.4 Å². The predicted octanol–water partition coefficient (Wildman–Crippen LogP) is 3.44. The number of anilines is 3. The van der Waals surface area contributed by atoms with Crippen molar-refractivity contribution < 1.29 is 9.18 Å². The minimum absolute atomic E-state index is 0.198. The zero-order valence-electron chi connectivity index (χ0n) is 19.0. The topological polar surface area (TPSA) is 100 Å². The second-order valence-electron chi connectivity index (χ2n) is 8.18. The Morgan fingerprint density at radius 1 is 0.943 bits per heavy atom. The van der Waals surface area contributed by atoms with Crippen LogP contribution in [0.3, 0.4) is 0 Å². The van der Waals surface area contributed by atoms with E-state index in [0.717, 1.165) is 25.5 Å². The Labute approximate surface area is 201 Å². The quantitative estimate of drug-likeness (QED) is 0.443. The van der Waals surface area contributed by atoms with Gasteiger partial charge >= 0.3 is 0 Å². The molecular formula is C25H23FN8O. The van der Waals surface area contributed by atoms with Crippen molar-refractivity contribution in [3.05, 3.63) is 84.8 Å². The summed E-state index contributed by atoms with van der Waals surface area (Å²) in [4.78, 5) is 38.4. The molecule has 4 aromatic heterocycles. The zero-order chi connectivity index (χ0) is 24.2. The molecule has 1 atom stereocenters. The van der Waals surface area contributed by atoms with E-state index < -0.39 is 5.95 Å². The van der Waals surface area contributed by atoms with E-state index >= 15 is 0 Å². The van der Waals surface area contributed by atoms with Crippen LogP contribution in [-0.2, 0) is 0 Å². The van der Waals surface area contributed by atoms with Gasteiger partial charge in [-0.15, -0.1) is 0 Å². The summed E-state index contributed by atoms with van der Waals surface area (Å²) in [6.45, 7) is 4.52. The van der Waals surface area contributed by atoms with Gasteiger partial charge in [0.15, 0.2) is 0 Å². The van der Waals surface area contributed by atoms with E-state index in [1.165, 1.54) is 12.3 Å². The third-order valence-corrected chi connectivity index (χ3v) is 5.76. The number of halogens is 1. The summed E-state index contributed by atoms with van der Waals surface area (Å²) in [5.41, 5.74) is 1.71. The van der Waals surface area contributed by atoms with Gasteiger partial charge in [-0.2, -0.15) is 4.39 Å². The first-order chi connectivity index (χ1) is 17.1. The van der Waals surface area contributed by atoms with Crippen LogP contribution in [0, 0.1) is 5.95 Å². The molecular weight excluding hydrogens is 447 g/mol. The summed E-state index contributed by atoms with van der Waals surface area (Å²) >= 11 is 0. The van der Waals surface area contributed by atoms with E-state index in [2.05, 4.69) is 47.0 Å². The maximum atomic E-state index is 13.3. The Kier molecular flexibility index (Phi) is 6.25. The van der Waals surface area contributed by atoms with Crippen LogP contribution in [0.1, 0.15) is 17.3 Å². The Morgan fingerprint density at radius 3 is 2.49 bits per heavy atom. The molecule has 0 bridgehead atoms. The second kappa shape index (κ2) is 9.80. The number of aromatic nitrogens is 5. The van der Waals surface area contributed by atoms with Crippen LogP contribution in [-0.4, -0.2) is 56.5 Å². The van der Waals surface area contributed by atoms with Crippen LogP contribution in [0.25, 0.3) is 11.4 Å². The van der Waals surface area contributed by atoms with E-state index in [4.69, 9.17) is 0 Å². The lowest BCUT2D eigenvalue weighted by atomic mass is 10.2. The molecule has 1 aliphatic rings. The fourth-order valence-electron chi connectivity index (χ4n) is 3.97. The third kappa shape index (κ3) is 5.06. The maximum Gasteiger partial charge on any atom is 0.257 e. The van der Waals surface area contributed by atoms with Gasteiger partial charge in [0, 0.05) is 38.1 Å². The molecule has 1 aliphatic heterocycles. The SMILES string of the molecule is C[C@H]1CN(c2ccccn2)CCN1c1ncc(NC(=O)c2ccc(-c3cccc(F)n3)nc2)cn1. The molecule has 0 radical (unpaired) electrons. The standard InChI is InChI=1S/C25H23FN8O/c1-17-16-33(23-7-2-3-10-27-23)11-12-34(17)25-29-14-19(15-30-25)31-24(35)18-8-9-20(28-13-18)21-5-4-6-22(26)32-21/h2-10,13-15,17H,11-12,16H2,1H3,(H,31,35)/t17-/m0/s1. The number of carbonyl (C=O) groups is 1. The van der Waals surface area contributed by atoms with Gasteiger partial charge in [0.25, 0.3) is 5.91 Å². The first kappa shape index (κ1) is 22.3. The summed E-state index contributed by atoms with van der Waals surface area (Å²) in [5, 5.41) is 2.78. The smallest absolute Gasteiger partial charge is 0.257 e. The summed E-state index contributed by atoms with van der Waals surface area (Å²) in [7, 11) is 0. The van der Waals surface area contributed by atoms with Gasteiger partial charge in [-0.05, 0) is 43.3 Å². The van der Waals surface area contributed by atoms with Crippen molar-refractivity contribution in [2.24, 2.45) is 0 Å². The molecule has 0 unspecified atom stereocenters. The van der Waals surface area contributed by atoms with Crippen molar-refractivity contribution in [2.75, 3.05) is 34.8 Å². The van der Waals surface area contributed by atoms with E-state index in [1.807, 2.05) is 18.2 Å². The monoisotopic (exact) mass is 470 g/mol. The van der Waals surface area contributed by atoms with Crippen molar-refractivity contribution in [2.45, 2.75) is 13.0 Å². The van der Waals surface area contributed by atoms with Crippen LogP contribution in [0.4, 0.5) is 21.8 Å². The van der Waals surface area contributed by atoms with Crippen LogP contribution < -0.4 is 15.1 Å². The van der Waals surface area contributed by atoms with Crippen molar-refractivity contribution >= 4 is 23.4 Å². The Hall–Kier alpha value is -4.47. The van der Waals surface area contributed by atoms with Crippen LogP contribution >= 0.6 is 0 Å². The number of nitrogens with one attached hydrogen (secondary N) is 1. The normalized spacial score (nSPS) is 15.7. The number of piperazine rings is 1. The first-order valence-corrected chi connectivity index (χ1v) is 11.2. The molecule has 176 valence electrons. The van der Waals surface area contributed by atoms with Gasteiger partial charge in [0.1, 0.15) is 5.82 Å². The summed E-state index contributed by atoms with van der Waals surface area (Å²) in [5.74, 6) is 0.654. The fraction of sp³-hybridized carbons (Fsp3) is 0.200. The lowest BCUT2D eigenvalue weighted by Crippen LogP contribution is -2.53. The minimum atomic E-state index is -0.584. The molecule has 5 rings (SSSR count). The van der Waals surface area contributed by atoms with Crippen molar-refractivity contribution in [3.63, 3.8) is 0 Å². The highest BCUT2D eigenvalue weighted by molar-refractivity contribution is 6.04. The predicted molar refractivity (Wildman–Crippen MR) is 131 cm³/mol. The first-order valence-electron chi connectivity index (χ1n) is 11.2. The van der Waals surface area contributed by atoms with E-state index in [0.29, 0.717) is 28.6 Å². The molecule has 5 heterocycles. The molecule has 10 heteroatoms. The van der Waals surface area contributed by atoms with E-state index in [1.54, 1.807) is 42.9 Å². The Balaban J connectivity index is 1.20. The largest absolute Gasteiger partial charge is 0.353 e. The summed E-state index contributed by atoms with van der Waals surface area (Å²) in [6, 6.07) is 13.8. The molecule has 1 amide bonds. The highest BCUT2D eigenvalue weighted by Gasteiger charge is 2.26. The molecule has 1 N–H and O–H groups in total. The average molecular weight is 471 g/mol. The Morgan fingerprint density at radius 2 is 1.80 bits per heavy atom. The van der Waals surface area contributed by atoms with E-state index in [-0.39, 0.29) is 11.9 Å². The molecule has 0 saturated carbocycles. The van der Waals surface area contributed by atoms with Gasteiger partial charge in [-0.25, -0.2) is 19.9 Å². The van der Waals surface area contributed by atoms with Gasteiger partial charge in [0.2, 0.25) is 11.9 Å². The van der Waals surface area contributed by atoms with Gasteiger partial charge < -0.3 is 15.1 Å². The highest BCUT2D eigenvalue weighted by atomic mass is 19.1. The molecule has 35 heavy (non-hydrogen) atoms. The highest BCUT2D eigenvalue weighted by Crippen LogP contribution is 2.21. The fourth-order valence-corrected chi connectivity index (χ4v) is 3.97. The van der Waals surface area contributed by atoms with Gasteiger partial charge in [-0.3, -0.25) is 9.78 Å².